The van der Waals surface area contributed by atoms with Crippen molar-refractivity contribution in [1.82, 2.24) is 4.90 Å². The van der Waals surface area contributed by atoms with E-state index >= 15 is 0 Å². The smallest absolute Gasteiger partial charge is 0.416 e. The number of halogens is 4. The van der Waals surface area contributed by atoms with E-state index in [1.54, 1.807) is 4.90 Å². The average molecular weight is 333 g/mol. The first-order chi connectivity index (χ1) is 10.4. The van der Waals surface area contributed by atoms with Crippen molar-refractivity contribution in [3.05, 3.63) is 35.1 Å². The molecule has 0 unspecified atom stereocenters. The molecule has 1 aliphatic rings. The Hall–Kier alpha value is -1.63. The molecule has 1 saturated heterocycles. The Labute approximate surface area is 131 Å². The number of benzene rings is 1. The van der Waals surface area contributed by atoms with E-state index in [1.165, 1.54) is 0 Å². The molecule has 1 N–H and O–H groups in total. The molecule has 1 aromatic carbocycles. The summed E-state index contributed by atoms with van der Waals surface area (Å²) in [7, 11) is 0. The van der Waals surface area contributed by atoms with Crippen LogP contribution < -0.4 is 0 Å². The first kappa shape index (κ1) is 17.7. The molecule has 2 atom stereocenters. The van der Waals surface area contributed by atoms with Crippen molar-refractivity contribution in [3.8, 4) is 0 Å². The van der Waals surface area contributed by atoms with E-state index in [0.29, 0.717) is 0 Å². The van der Waals surface area contributed by atoms with Crippen LogP contribution in [0.4, 0.5) is 17.6 Å². The van der Waals surface area contributed by atoms with Crippen molar-refractivity contribution >= 4 is 5.97 Å². The maximum Gasteiger partial charge on any atom is 0.416 e. The monoisotopic (exact) mass is 333 g/mol. The maximum absolute atomic E-state index is 14.2. The third-order valence-electron chi connectivity index (χ3n) is 4.31. The molecule has 1 aromatic rings. The molecule has 0 spiro atoms. The zero-order chi connectivity index (χ0) is 17.6. The van der Waals surface area contributed by atoms with E-state index in [1.807, 2.05) is 20.8 Å². The first-order valence-corrected chi connectivity index (χ1v) is 7.26. The van der Waals surface area contributed by atoms with Crippen LogP contribution in [0.2, 0.25) is 0 Å². The Morgan fingerprint density at radius 1 is 1.22 bits per heavy atom. The number of aliphatic carboxylic acids is 1. The molecule has 0 aromatic heterocycles. The zero-order valence-corrected chi connectivity index (χ0v) is 13.1. The summed E-state index contributed by atoms with van der Waals surface area (Å²) in [5.41, 5.74) is -2.05. The van der Waals surface area contributed by atoms with Gasteiger partial charge in [-0.1, -0.05) is 6.07 Å². The molecule has 0 saturated carbocycles. The molecule has 2 rings (SSSR count). The van der Waals surface area contributed by atoms with E-state index in [0.717, 1.165) is 18.2 Å². The number of nitrogens with zero attached hydrogens (tertiary/aromatic N) is 1. The fourth-order valence-electron chi connectivity index (χ4n) is 3.06. The van der Waals surface area contributed by atoms with Crippen molar-refractivity contribution in [3.63, 3.8) is 0 Å². The third kappa shape index (κ3) is 3.49. The fourth-order valence-corrected chi connectivity index (χ4v) is 3.06. The number of carbonyl (C=O) groups is 1. The van der Waals surface area contributed by atoms with Gasteiger partial charge in [0.05, 0.1) is 11.5 Å². The second-order valence-electron chi connectivity index (χ2n) is 6.83. The molecule has 3 nitrogen and oxygen atoms in total. The van der Waals surface area contributed by atoms with Crippen LogP contribution in [0.15, 0.2) is 18.2 Å². The minimum absolute atomic E-state index is 0.0739. The first-order valence-electron chi connectivity index (χ1n) is 7.26. The highest BCUT2D eigenvalue weighted by atomic mass is 19.4. The fraction of sp³-hybridized carbons (Fsp3) is 0.562. The van der Waals surface area contributed by atoms with Crippen molar-refractivity contribution < 1.29 is 27.5 Å². The van der Waals surface area contributed by atoms with E-state index in [4.69, 9.17) is 0 Å². The van der Waals surface area contributed by atoms with E-state index in [-0.39, 0.29) is 13.1 Å². The summed E-state index contributed by atoms with van der Waals surface area (Å²) in [5.74, 6) is -4.33. The lowest BCUT2D eigenvalue weighted by Crippen LogP contribution is -2.40. The van der Waals surface area contributed by atoms with E-state index < -0.39 is 46.5 Å². The molecule has 128 valence electrons. The van der Waals surface area contributed by atoms with Gasteiger partial charge in [-0.3, -0.25) is 9.69 Å². The SMILES string of the molecule is CC(C)(C)N1C[C@H](C(=O)O)[C@@H](c2c(F)cccc2C(F)(F)F)C1. The van der Waals surface area contributed by atoms with Gasteiger partial charge in [0.1, 0.15) is 5.82 Å². The summed E-state index contributed by atoms with van der Waals surface area (Å²) in [6.07, 6.45) is -4.73. The molecule has 0 aliphatic carbocycles. The lowest BCUT2D eigenvalue weighted by molar-refractivity contribution is -0.143. The minimum Gasteiger partial charge on any atom is -0.481 e. The highest BCUT2D eigenvalue weighted by Gasteiger charge is 2.46. The lowest BCUT2D eigenvalue weighted by Gasteiger charge is -2.31. The van der Waals surface area contributed by atoms with Gasteiger partial charge in [0.15, 0.2) is 0 Å². The topological polar surface area (TPSA) is 40.5 Å². The number of rotatable bonds is 2. The normalized spacial score (nSPS) is 23.3. The molecule has 0 bridgehead atoms. The molecular weight excluding hydrogens is 314 g/mol. The van der Waals surface area contributed by atoms with Crippen LogP contribution >= 0.6 is 0 Å². The van der Waals surface area contributed by atoms with Crippen molar-refractivity contribution in [2.45, 2.75) is 38.4 Å². The van der Waals surface area contributed by atoms with Crippen LogP contribution in [-0.4, -0.2) is 34.6 Å². The van der Waals surface area contributed by atoms with Crippen LogP contribution in [0.3, 0.4) is 0 Å². The predicted molar refractivity (Wildman–Crippen MR) is 76.6 cm³/mol. The highest BCUT2D eigenvalue weighted by Crippen LogP contribution is 2.43. The Morgan fingerprint density at radius 3 is 2.30 bits per heavy atom. The predicted octanol–water partition coefficient (Wildman–Crippen LogP) is 3.74. The quantitative estimate of drug-likeness (QED) is 0.838. The summed E-state index contributed by atoms with van der Waals surface area (Å²) in [6.45, 7) is 5.71. The number of alkyl halides is 3. The largest absolute Gasteiger partial charge is 0.481 e. The van der Waals surface area contributed by atoms with Gasteiger partial charge in [-0.2, -0.15) is 13.2 Å². The lowest BCUT2D eigenvalue weighted by atomic mass is 9.85. The van der Waals surface area contributed by atoms with Gasteiger partial charge >= 0.3 is 12.1 Å². The third-order valence-corrected chi connectivity index (χ3v) is 4.31. The molecule has 23 heavy (non-hydrogen) atoms. The van der Waals surface area contributed by atoms with Gasteiger partial charge in [0.25, 0.3) is 0 Å². The summed E-state index contributed by atoms with van der Waals surface area (Å²) in [6, 6.07) is 2.74. The average Bonchev–Trinajstić information content (AvgIpc) is 2.82. The van der Waals surface area contributed by atoms with Gasteiger partial charge in [0, 0.05) is 30.1 Å². The Morgan fingerprint density at radius 2 is 1.83 bits per heavy atom. The summed E-state index contributed by atoms with van der Waals surface area (Å²) in [5, 5.41) is 9.38. The van der Waals surface area contributed by atoms with Crippen molar-refractivity contribution in [1.29, 1.82) is 0 Å². The van der Waals surface area contributed by atoms with E-state index in [2.05, 4.69) is 0 Å². The van der Waals surface area contributed by atoms with Crippen LogP contribution in [0, 0.1) is 11.7 Å². The zero-order valence-electron chi connectivity index (χ0n) is 13.1. The second-order valence-corrected chi connectivity index (χ2v) is 6.83. The number of hydrogen-bond donors (Lipinski definition) is 1. The second kappa shape index (κ2) is 5.78. The van der Waals surface area contributed by atoms with Crippen molar-refractivity contribution in [2.75, 3.05) is 13.1 Å². The molecule has 1 fully saturated rings. The Bertz CT molecular complexity index is 607. The molecule has 1 aliphatic heterocycles. The Balaban J connectivity index is 2.54. The minimum atomic E-state index is -4.73. The molecule has 7 heteroatoms. The molecular formula is C16H19F4NO2. The van der Waals surface area contributed by atoms with Gasteiger partial charge in [-0.15, -0.1) is 0 Å². The van der Waals surface area contributed by atoms with Gasteiger partial charge < -0.3 is 5.11 Å². The molecule has 0 radical (unpaired) electrons. The summed E-state index contributed by atoms with van der Waals surface area (Å²) < 4.78 is 53.8. The Kier molecular flexibility index (Phi) is 4.45. The summed E-state index contributed by atoms with van der Waals surface area (Å²) in [4.78, 5) is 13.3. The van der Waals surface area contributed by atoms with Gasteiger partial charge in [-0.25, -0.2) is 4.39 Å². The molecule has 0 amide bonds. The number of hydrogen-bond acceptors (Lipinski definition) is 2. The standard InChI is InChI=1S/C16H19F4NO2/c1-15(2,3)21-7-9(10(8-21)14(22)23)13-11(16(18,19)20)5-4-6-12(13)17/h4-6,9-10H,7-8H2,1-3H3,(H,22,23)/t9-,10-/m0/s1. The van der Waals surface area contributed by atoms with Crippen LogP contribution in [0.25, 0.3) is 0 Å². The highest BCUT2D eigenvalue weighted by molar-refractivity contribution is 5.72. The van der Waals surface area contributed by atoms with Gasteiger partial charge in [0.2, 0.25) is 0 Å². The number of carboxylic acids is 1. The number of likely N-dealkylation sites (tertiary alicyclic amines) is 1. The maximum atomic E-state index is 14.2. The number of carboxylic acid groups (broad SMARTS) is 1. The molecule has 1 heterocycles. The van der Waals surface area contributed by atoms with Gasteiger partial charge in [-0.05, 0) is 32.9 Å². The van der Waals surface area contributed by atoms with Crippen LogP contribution in [-0.2, 0) is 11.0 Å². The van der Waals surface area contributed by atoms with E-state index in [9.17, 15) is 27.5 Å². The van der Waals surface area contributed by atoms with Crippen LogP contribution in [0.5, 0.6) is 0 Å². The van der Waals surface area contributed by atoms with Crippen molar-refractivity contribution in [2.24, 2.45) is 5.92 Å². The van der Waals surface area contributed by atoms with Crippen LogP contribution in [0.1, 0.15) is 37.8 Å². The summed E-state index contributed by atoms with van der Waals surface area (Å²) >= 11 is 0.